The average Bonchev–Trinajstić information content (AvgIpc) is 2.36. The molecule has 1 aliphatic heterocycles. The topological polar surface area (TPSA) is 37.9 Å². The van der Waals surface area contributed by atoms with Crippen molar-refractivity contribution in [3.05, 3.63) is 20.6 Å². The van der Waals surface area contributed by atoms with Crippen LogP contribution in [0.1, 0.15) is 44.6 Å². The molecule has 1 N–H and O–H groups in total. The molecule has 2 heterocycles. The molecule has 0 bridgehead atoms. The molecule has 106 valence electrons. The Balaban J connectivity index is 2.16. The van der Waals surface area contributed by atoms with Gasteiger partial charge in [0.2, 0.25) is 0 Å². The molecule has 5 heteroatoms. The molecule has 0 aliphatic carbocycles. The van der Waals surface area contributed by atoms with Crippen LogP contribution < -0.4 is 0 Å². The van der Waals surface area contributed by atoms with Crippen LogP contribution in [0.3, 0.4) is 0 Å². The first-order valence-corrected chi connectivity index (χ1v) is 8.15. The molecule has 1 aliphatic rings. The van der Waals surface area contributed by atoms with Gasteiger partial charge in [-0.3, -0.25) is 0 Å². The van der Waals surface area contributed by atoms with Crippen LogP contribution in [0.4, 0.5) is 0 Å². The van der Waals surface area contributed by atoms with Gasteiger partial charge in [0.15, 0.2) is 0 Å². The lowest BCUT2D eigenvalue weighted by Crippen LogP contribution is -2.22. The largest absolute Gasteiger partial charge is 0.378 e. The van der Waals surface area contributed by atoms with E-state index in [1.54, 1.807) is 0 Å². The third-order valence-corrected chi connectivity index (χ3v) is 4.70. The summed E-state index contributed by atoms with van der Waals surface area (Å²) in [5, 5.41) is 0. The molecule has 2 rings (SSSR count). The Bertz CT molecular complexity index is 481. The summed E-state index contributed by atoms with van der Waals surface area (Å²) in [5.74, 6) is 1.54. The first-order valence-electron chi connectivity index (χ1n) is 6.95. The predicted molar refractivity (Wildman–Crippen MR) is 83.0 cm³/mol. The smallest absolute Gasteiger partial charge is 0.144 e. The van der Waals surface area contributed by atoms with Gasteiger partial charge in [0.25, 0.3) is 0 Å². The minimum absolute atomic E-state index is 0.292. The summed E-state index contributed by atoms with van der Waals surface area (Å²) >= 11 is 8.87. The third kappa shape index (κ3) is 4.36. The molecule has 0 aromatic carbocycles. The maximum absolute atomic E-state index is 5.77. The highest BCUT2D eigenvalue weighted by Crippen LogP contribution is 2.21. The van der Waals surface area contributed by atoms with Crippen molar-refractivity contribution in [3.63, 3.8) is 0 Å². The van der Waals surface area contributed by atoms with Gasteiger partial charge >= 0.3 is 0 Å². The van der Waals surface area contributed by atoms with Crippen LogP contribution in [0.15, 0.2) is 4.47 Å². The summed E-state index contributed by atoms with van der Waals surface area (Å²) in [4.78, 5) is 7.89. The number of nitrogens with zero attached hydrogens (tertiary/aromatic N) is 1. The van der Waals surface area contributed by atoms with E-state index in [0.717, 1.165) is 41.9 Å². The molecule has 0 spiro atoms. The van der Waals surface area contributed by atoms with Crippen molar-refractivity contribution in [2.75, 3.05) is 6.61 Å². The van der Waals surface area contributed by atoms with Crippen molar-refractivity contribution in [1.29, 1.82) is 0 Å². The Morgan fingerprint density at radius 3 is 2.89 bits per heavy atom. The molecular weight excluding hydrogens is 324 g/mol. The van der Waals surface area contributed by atoms with Gasteiger partial charge in [-0.25, -0.2) is 4.98 Å². The second-order valence-corrected chi connectivity index (χ2v) is 6.75. The number of aromatic amines is 1. The number of halogens is 1. The van der Waals surface area contributed by atoms with E-state index in [-0.39, 0.29) is 0 Å². The van der Waals surface area contributed by atoms with Gasteiger partial charge in [-0.2, -0.15) is 0 Å². The number of ether oxygens (including phenoxy) is 1. The van der Waals surface area contributed by atoms with Gasteiger partial charge in [-0.1, -0.05) is 26.1 Å². The van der Waals surface area contributed by atoms with E-state index in [0.29, 0.717) is 16.7 Å². The zero-order valence-electron chi connectivity index (χ0n) is 11.5. The fourth-order valence-electron chi connectivity index (χ4n) is 2.39. The van der Waals surface area contributed by atoms with Crippen LogP contribution in [0.2, 0.25) is 0 Å². The molecule has 1 atom stereocenters. The number of hydrogen-bond acceptors (Lipinski definition) is 3. The minimum Gasteiger partial charge on any atom is -0.378 e. The summed E-state index contributed by atoms with van der Waals surface area (Å²) in [7, 11) is 0. The van der Waals surface area contributed by atoms with Crippen molar-refractivity contribution in [2.45, 2.75) is 52.1 Å². The monoisotopic (exact) mass is 344 g/mol. The van der Waals surface area contributed by atoms with E-state index in [1.807, 2.05) is 0 Å². The number of nitrogens with one attached hydrogen (secondary N) is 1. The Morgan fingerprint density at radius 2 is 2.26 bits per heavy atom. The molecular formula is C14H21BrN2OS. The summed E-state index contributed by atoms with van der Waals surface area (Å²) in [6, 6.07) is 0. The normalized spacial score (nSPS) is 19.9. The fourth-order valence-corrected chi connectivity index (χ4v) is 2.97. The summed E-state index contributed by atoms with van der Waals surface area (Å²) in [6.45, 7) is 5.28. The highest BCUT2D eigenvalue weighted by Gasteiger charge is 2.16. The van der Waals surface area contributed by atoms with E-state index in [9.17, 15) is 0 Å². The van der Waals surface area contributed by atoms with Gasteiger partial charge in [-0.15, -0.1) is 0 Å². The molecule has 0 amide bonds. The van der Waals surface area contributed by atoms with Gasteiger partial charge in [0.05, 0.1) is 10.6 Å². The first kappa shape index (κ1) is 15.1. The number of H-pyrrole nitrogens is 1. The van der Waals surface area contributed by atoms with Crippen molar-refractivity contribution < 1.29 is 4.74 Å². The lowest BCUT2D eigenvalue weighted by molar-refractivity contribution is 0.0156. The summed E-state index contributed by atoms with van der Waals surface area (Å²) in [5.41, 5.74) is 1.15. The molecule has 1 aromatic heterocycles. The summed E-state index contributed by atoms with van der Waals surface area (Å²) in [6.07, 6.45) is 5.66. The zero-order valence-corrected chi connectivity index (χ0v) is 13.9. The van der Waals surface area contributed by atoms with Crippen LogP contribution in [0.5, 0.6) is 0 Å². The Labute approximate surface area is 128 Å². The number of aromatic nitrogens is 2. The molecule has 19 heavy (non-hydrogen) atoms. The van der Waals surface area contributed by atoms with Gasteiger partial charge < -0.3 is 9.72 Å². The van der Waals surface area contributed by atoms with E-state index in [1.165, 1.54) is 12.8 Å². The molecule has 1 unspecified atom stereocenters. The fraction of sp³-hybridized carbons (Fsp3) is 0.714. The van der Waals surface area contributed by atoms with E-state index in [4.69, 9.17) is 17.0 Å². The Morgan fingerprint density at radius 1 is 1.47 bits per heavy atom. The number of rotatable bonds is 4. The third-order valence-electron chi connectivity index (χ3n) is 3.29. The lowest BCUT2D eigenvalue weighted by atomic mass is 10.1. The van der Waals surface area contributed by atoms with Gasteiger partial charge in [0.1, 0.15) is 10.5 Å². The quantitative estimate of drug-likeness (QED) is 0.831. The Hall–Kier alpha value is -0.260. The maximum atomic E-state index is 5.77. The SMILES string of the molecule is CC(C)Cc1[nH]c(CC2CCCCO2)nc(=S)c1Br. The second-order valence-electron chi connectivity index (χ2n) is 5.57. The van der Waals surface area contributed by atoms with Crippen molar-refractivity contribution in [1.82, 2.24) is 9.97 Å². The van der Waals surface area contributed by atoms with E-state index >= 15 is 0 Å². The van der Waals surface area contributed by atoms with Gasteiger partial charge in [0, 0.05) is 18.7 Å². The van der Waals surface area contributed by atoms with Crippen LogP contribution in [-0.2, 0) is 17.6 Å². The second kappa shape index (κ2) is 6.95. The van der Waals surface area contributed by atoms with Crippen LogP contribution in [0, 0.1) is 10.6 Å². The predicted octanol–water partition coefficient (Wildman–Crippen LogP) is 4.21. The Kier molecular flexibility index (Phi) is 5.54. The maximum Gasteiger partial charge on any atom is 0.144 e. The minimum atomic E-state index is 0.292. The van der Waals surface area contributed by atoms with Crippen LogP contribution in [0.25, 0.3) is 0 Å². The molecule has 1 aromatic rings. The highest BCUT2D eigenvalue weighted by molar-refractivity contribution is 9.10. The standard InChI is InChI=1S/C14H21BrN2OS/c1-9(2)7-11-13(15)14(19)17-12(16-11)8-10-5-3-4-6-18-10/h9-10H,3-8H2,1-2H3,(H,16,17,19). The molecule has 0 saturated carbocycles. The van der Waals surface area contributed by atoms with Crippen LogP contribution >= 0.6 is 28.1 Å². The van der Waals surface area contributed by atoms with Crippen molar-refractivity contribution >= 4 is 28.1 Å². The van der Waals surface area contributed by atoms with E-state index < -0.39 is 0 Å². The first-order chi connectivity index (χ1) is 9.06. The molecule has 1 fully saturated rings. The summed E-state index contributed by atoms with van der Waals surface area (Å²) < 4.78 is 7.35. The molecule has 0 radical (unpaired) electrons. The molecule has 1 saturated heterocycles. The number of hydrogen-bond donors (Lipinski definition) is 1. The van der Waals surface area contributed by atoms with Gasteiger partial charge in [-0.05, 0) is 47.5 Å². The van der Waals surface area contributed by atoms with E-state index in [2.05, 4.69) is 39.7 Å². The van der Waals surface area contributed by atoms with Crippen molar-refractivity contribution in [2.24, 2.45) is 5.92 Å². The van der Waals surface area contributed by atoms with Crippen molar-refractivity contribution in [3.8, 4) is 0 Å². The average molecular weight is 345 g/mol. The highest BCUT2D eigenvalue weighted by atomic mass is 79.9. The zero-order chi connectivity index (χ0) is 13.8. The van der Waals surface area contributed by atoms with Crippen LogP contribution in [-0.4, -0.2) is 22.7 Å². The lowest BCUT2D eigenvalue weighted by Gasteiger charge is -2.22. The molecule has 3 nitrogen and oxygen atoms in total.